The molecule has 1 aromatic heterocycles. The van der Waals surface area contributed by atoms with Gasteiger partial charge in [-0.2, -0.15) is 0 Å². The number of carbonyl (C=O) groups is 1. The molecule has 0 atom stereocenters. The van der Waals surface area contributed by atoms with Gasteiger partial charge in [-0.25, -0.2) is 9.78 Å². The molecule has 5 heteroatoms. The topological polar surface area (TPSA) is 62.2 Å². The predicted molar refractivity (Wildman–Crippen MR) is 69.5 cm³/mol. The largest absolute Gasteiger partial charge is 0.478 e. The predicted octanol–water partition coefficient (Wildman–Crippen LogP) is 2.74. The molecule has 2 rings (SSSR count). The Morgan fingerprint density at radius 1 is 1.59 bits per heavy atom. The molecule has 2 N–H and O–H groups in total. The summed E-state index contributed by atoms with van der Waals surface area (Å²) in [4.78, 5) is 14.6. The summed E-state index contributed by atoms with van der Waals surface area (Å²) in [5.41, 5.74) is 4.55. The van der Waals surface area contributed by atoms with E-state index < -0.39 is 5.97 Å². The van der Waals surface area contributed by atoms with E-state index in [1.54, 1.807) is 18.3 Å². The first-order valence-electron chi connectivity index (χ1n) is 5.12. The number of aliphatic carboxylic acids is 1. The summed E-state index contributed by atoms with van der Waals surface area (Å²) < 4.78 is 1.12. The molecule has 0 amide bonds. The number of carboxylic acids is 1. The molecule has 0 fully saturated rings. The fraction of sp³-hybridized carbons (Fsp3) is 0.167. The van der Waals surface area contributed by atoms with Crippen LogP contribution in [0.3, 0.4) is 0 Å². The lowest BCUT2D eigenvalue weighted by Gasteiger charge is -2.05. The molecule has 1 heterocycles. The smallest absolute Gasteiger partial charge is 0.328 e. The number of nitrogens with zero attached hydrogens (tertiary/aromatic N) is 1. The average Bonchev–Trinajstić information content (AvgIpc) is 2.72. The van der Waals surface area contributed by atoms with Gasteiger partial charge in [0.2, 0.25) is 0 Å². The lowest BCUT2D eigenvalue weighted by molar-refractivity contribution is -0.131. The van der Waals surface area contributed by atoms with Gasteiger partial charge in [-0.05, 0) is 30.7 Å². The number of carboxylic acid groups (broad SMARTS) is 1. The molecule has 0 aliphatic rings. The summed E-state index contributed by atoms with van der Waals surface area (Å²) in [5.74, 6) is -0.915. The highest BCUT2D eigenvalue weighted by Gasteiger charge is 1.99. The number of thiazole rings is 1. The Balaban J connectivity index is 2.06. The van der Waals surface area contributed by atoms with Crippen LogP contribution in [0.5, 0.6) is 0 Å². The maximum Gasteiger partial charge on any atom is 0.328 e. The maximum atomic E-state index is 10.5. The van der Waals surface area contributed by atoms with Crippen molar-refractivity contribution in [2.24, 2.45) is 0 Å². The minimum Gasteiger partial charge on any atom is -0.478 e. The summed E-state index contributed by atoms with van der Waals surface area (Å²) in [6.45, 7) is 2.31. The van der Waals surface area contributed by atoms with E-state index >= 15 is 0 Å². The molecule has 0 aliphatic carbocycles. The first-order valence-corrected chi connectivity index (χ1v) is 6.00. The third kappa shape index (κ3) is 3.04. The molecule has 0 saturated heterocycles. The second kappa shape index (κ2) is 4.97. The van der Waals surface area contributed by atoms with Crippen LogP contribution in [0.15, 0.2) is 35.4 Å². The Bertz CT molecular complexity index is 575. The number of anilines is 1. The van der Waals surface area contributed by atoms with Crippen LogP contribution >= 0.6 is 11.3 Å². The second-order valence-electron chi connectivity index (χ2n) is 3.72. The van der Waals surface area contributed by atoms with Crippen molar-refractivity contribution in [3.8, 4) is 0 Å². The molecular weight excluding hydrogens is 236 g/mol. The highest BCUT2D eigenvalue weighted by atomic mass is 32.1. The van der Waals surface area contributed by atoms with Gasteiger partial charge in [-0.3, -0.25) is 0 Å². The molecule has 1 aromatic carbocycles. The van der Waals surface area contributed by atoms with Gasteiger partial charge in [0.1, 0.15) is 0 Å². The van der Waals surface area contributed by atoms with Crippen LogP contribution in [0.2, 0.25) is 0 Å². The van der Waals surface area contributed by atoms with Gasteiger partial charge in [-0.1, -0.05) is 0 Å². The summed E-state index contributed by atoms with van der Waals surface area (Å²) in [6, 6.07) is 5.90. The van der Waals surface area contributed by atoms with E-state index in [2.05, 4.69) is 10.3 Å². The minimum absolute atomic E-state index is 0.524. The molecule has 4 nitrogen and oxygen atoms in total. The number of benzene rings is 1. The molecule has 0 aliphatic heterocycles. The monoisotopic (exact) mass is 248 g/mol. The third-order valence-corrected chi connectivity index (χ3v) is 3.06. The Hall–Kier alpha value is -1.88. The number of hydrogen-bond acceptors (Lipinski definition) is 4. The first-order chi connectivity index (χ1) is 8.15. The van der Waals surface area contributed by atoms with Gasteiger partial charge in [-0.15, -0.1) is 11.3 Å². The van der Waals surface area contributed by atoms with E-state index in [-0.39, 0.29) is 0 Å². The van der Waals surface area contributed by atoms with Gasteiger partial charge in [0.15, 0.2) is 0 Å². The second-order valence-corrected chi connectivity index (χ2v) is 4.60. The standard InChI is InChI=1S/C12H12N2O2S/c1-8(4-12(15)16)6-13-9-2-3-10-11(5-9)17-7-14-10/h2-5,7,13H,6H2,1H3,(H,15,16)/b8-4-. The molecule has 0 spiro atoms. The molecule has 17 heavy (non-hydrogen) atoms. The Kier molecular flexibility index (Phi) is 3.39. The molecule has 0 saturated carbocycles. The zero-order valence-corrected chi connectivity index (χ0v) is 10.1. The quantitative estimate of drug-likeness (QED) is 0.817. The van der Waals surface area contributed by atoms with Crippen LogP contribution in [0.25, 0.3) is 10.2 Å². The zero-order valence-electron chi connectivity index (χ0n) is 9.30. The Labute approximate surface area is 103 Å². The molecule has 88 valence electrons. The average molecular weight is 248 g/mol. The molecular formula is C12H12N2O2S. The third-order valence-electron chi connectivity index (χ3n) is 2.27. The molecule has 2 aromatic rings. The highest BCUT2D eigenvalue weighted by molar-refractivity contribution is 7.16. The van der Waals surface area contributed by atoms with Gasteiger partial charge in [0, 0.05) is 18.3 Å². The van der Waals surface area contributed by atoms with Crippen molar-refractivity contribution in [3.63, 3.8) is 0 Å². The van der Waals surface area contributed by atoms with Crippen molar-refractivity contribution in [1.82, 2.24) is 4.98 Å². The van der Waals surface area contributed by atoms with Crippen LogP contribution in [0.4, 0.5) is 5.69 Å². The zero-order chi connectivity index (χ0) is 12.3. The van der Waals surface area contributed by atoms with E-state index in [9.17, 15) is 4.79 Å². The van der Waals surface area contributed by atoms with E-state index in [1.807, 2.05) is 23.7 Å². The van der Waals surface area contributed by atoms with E-state index in [0.717, 1.165) is 21.5 Å². The summed E-state index contributed by atoms with van der Waals surface area (Å²) in [7, 11) is 0. The van der Waals surface area contributed by atoms with E-state index in [4.69, 9.17) is 5.11 Å². The van der Waals surface area contributed by atoms with Crippen LogP contribution < -0.4 is 5.32 Å². The van der Waals surface area contributed by atoms with Crippen molar-refractivity contribution < 1.29 is 9.90 Å². The Morgan fingerprint density at radius 3 is 3.18 bits per heavy atom. The minimum atomic E-state index is -0.915. The lowest BCUT2D eigenvalue weighted by atomic mass is 10.2. The van der Waals surface area contributed by atoms with Crippen LogP contribution in [0.1, 0.15) is 6.92 Å². The van der Waals surface area contributed by atoms with Crippen molar-refractivity contribution in [1.29, 1.82) is 0 Å². The fourth-order valence-electron chi connectivity index (χ4n) is 1.47. The number of nitrogens with one attached hydrogen (secondary N) is 1. The van der Waals surface area contributed by atoms with Gasteiger partial charge in [0.25, 0.3) is 0 Å². The van der Waals surface area contributed by atoms with Crippen LogP contribution in [-0.4, -0.2) is 22.6 Å². The molecule has 0 bridgehead atoms. The molecule has 0 unspecified atom stereocenters. The van der Waals surface area contributed by atoms with Crippen LogP contribution in [-0.2, 0) is 4.79 Å². The van der Waals surface area contributed by atoms with Crippen molar-refractivity contribution in [2.45, 2.75) is 6.92 Å². The normalized spacial score (nSPS) is 11.7. The van der Waals surface area contributed by atoms with E-state index in [1.165, 1.54) is 6.08 Å². The number of hydrogen-bond donors (Lipinski definition) is 2. The molecule has 0 radical (unpaired) electrons. The first kappa shape index (κ1) is 11.6. The summed E-state index contributed by atoms with van der Waals surface area (Å²) in [5, 5.41) is 11.8. The number of rotatable bonds is 4. The highest BCUT2D eigenvalue weighted by Crippen LogP contribution is 2.21. The Morgan fingerprint density at radius 2 is 2.41 bits per heavy atom. The van der Waals surface area contributed by atoms with E-state index in [0.29, 0.717) is 6.54 Å². The summed E-state index contributed by atoms with van der Waals surface area (Å²) in [6.07, 6.45) is 1.21. The van der Waals surface area contributed by atoms with Crippen molar-refractivity contribution in [3.05, 3.63) is 35.4 Å². The van der Waals surface area contributed by atoms with Crippen LogP contribution in [0, 0.1) is 0 Å². The lowest BCUT2D eigenvalue weighted by Crippen LogP contribution is -2.04. The number of fused-ring (bicyclic) bond motifs is 1. The fourth-order valence-corrected chi connectivity index (χ4v) is 2.18. The summed E-state index contributed by atoms with van der Waals surface area (Å²) >= 11 is 1.59. The maximum absolute atomic E-state index is 10.5. The van der Waals surface area contributed by atoms with Gasteiger partial charge >= 0.3 is 5.97 Å². The van der Waals surface area contributed by atoms with Gasteiger partial charge < -0.3 is 10.4 Å². The van der Waals surface area contributed by atoms with Crippen molar-refractivity contribution in [2.75, 3.05) is 11.9 Å². The van der Waals surface area contributed by atoms with Crippen molar-refractivity contribution >= 4 is 33.2 Å². The van der Waals surface area contributed by atoms with Gasteiger partial charge in [0.05, 0.1) is 15.7 Å². The SMILES string of the molecule is C/C(=C/C(=O)O)CNc1ccc2ncsc2c1. The number of aromatic nitrogens is 1.